The normalized spacial score (nSPS) is 13.8. The SMILES string of the molecule is C=CCOC(=O)N[C@H](C)[C@@H](NC(=O)OCC1c2ccccc2-c2ccccc21)C(=O)O. The molecule has 0 aliphatic heterocycles. The second-order valence-electron chi connectivity index (χ2n) is 7.11. The Hall–Kier alpha value is -3.81. The van der Waals surface area contributed by atoms with Crippen LogP contribution in [-0.2, 0) is 14.3 Å². The lowest BCUT2D eigenvalue weighted by Gasteiger charge is -2.22. The number of nitrogens with one attached hydrogen (secondary N) is 2. The van der Waals surface area contributed by atoms with E-state index in [9.17, 15) is 19.5 Å². The van der Waals surface area contributed by atoms with Gasteiger partial charge in [0.2, 0.25) is 0 Å². The summed E-state index contributed by atoms with van der Waals surface area (Å²) in [6, 6.07) is 13.5. The minimum atomic E-state index is -1.40. The fraction of sp³-hybridized carbons (Fsp3) is 0.261. The van der Waals surface area contributed by atoms with Gasteiger partial charge in [-0.2, -0.15) is 0 Å². The first-order chi connectivity index (χ1) is 14.9. The van der Waals surface area contributed by atoms with Crippen molar-refractivity contribution in [1.82, 2.24) is 10.6 Å². The number of carbonyl (C=O) groups is 3. The Labute approximate surface area is 179 Å². The minimum Gasteiger partial charge on any atom is -0.480 e. The molecule has 0 unspecified atom stereocenters. The lowest BCUT2D eigenvalue weighted by molar-refractivity contribution is -0.139. The van der Waals surface area contributed by atoms with E-state index in [1.165, 1.54) is 13.0 Å². The molecule has 0 saturated heterocycles. The molecule has 0 heterocycles. The van der Waals surface area contributed by atoms with E-state index < -0.39 is 30.2 Å². The fourth-order valence-electron chi connectivity index (χ4n) is 3.61. The molecule has 0 radical (unpaired) electrons. The van der Waals surface area contributed by atoms with E-state index in [1.807, 2.05) is 48.5 Å². The molecular formula is C23H24N2O6. The van der Waals surface area contributed by atoms with Gasteiger partial charge in [0.1, 0.15) is 19.3 Å². The predicted molar refractivity (Wildman–Crippen MR) is 114 cm³/mol. The zero-order valence-electron chi connectivity index (χ0n) is 17.0. The van der Waals surface area contributed by atoms with E-state index in [1.54, 1.807) is 0 Å². The van der Waals surface area contributed by atoms with Crippen molar-refractivity contribution in [3.8, 4) is 11.1 Å². The Morgan fingerprint density at radius 1 is 1.00 bits per heavy atom. The van der Waals surface area contributed by atoms with Gasteiger partial charge in [-0.3, -0.25) is 0 Å². The maximum Gasteiger partial charge on any atom is 0.407 e. The zero-order chi connectivity index (χ0) is 22.4. The molecule has 2 atom stereocenters. The van der Waals surface area contributed by atoms with E-state index in [2.05, 4.69) is 17.2 Å². The molecule has 1 aliphatic carbocycles. The van der Waals surface area contributed by atoms with E-state index >= 15 is 0 Å². The topological polar surface area (TPSA) is 114 Å². The van der Waals surface area contributed by atoms with Crippen LogP contribution in [0, 0.1) is 0 Å². The number of hydrogen-bond donors (Lipinski definition) is 3. The van der Waals surface area contributed by atoms with Crippen LogP contribution in [0.1, 0.15) is 24.0 Å². The van der Waals surface area contributed by atoms with Crippen LogP contribution in [0.25, 0.3) is 11.1 Å². The van der Waals surface area contributed by atoms with E-state index in [0.29, 0.717) is 0 Å². The molecule has 1 aliphatic rings. The van der Waals surface area contributed by atoms with E-state index in [-0.39, 0.29) is 19.1 Å². The Balaban J connectivity index is 1.63. The van der Waals surface area contributed by atoms with Gasteiger partial charge in [0.05, 0.1) is 6.04 Å². The molecule has 3 rings (SSSR count). The Morgan fingerprint density at radius 3 is 2.10 bits per heavy atom. The highest BCUT2D eigenvalue weighted by Crippen LogP contribution is 2.44. The van der Waals surface area contributed by atoms with Crippen molar-refractivity contribution in [1.29, 1.82) is 0 Å². The number of alkyl carbamates (subject to hydrolysis) is 2. The summed E-state index contributed by atoms with van der Waals surface area (Å²) in [6.45, 7) is 4.90. The van der Waals surface area contributed by atoms with Gasteiger partial charge >= 0.3 is 18.2 Å². The van der Waals surface area contributed by atoms with Gasteiger partial charge in [-0.05, 0) is 29.2 Å². The Morgan fingerprint density at radius 2 is 1.55 bits per heavy atom. The quantitative estimate of drug-likeness (QED) is 0.561. The summed E-state index contributed by atoms with van der Waals surface area (Å²) in [5, 5.41) is 14.1. The van der Waals surface area contributed by atoms with Crippen molar-refractivity contribution >= 4 is 18.2 Å². The number of carbonyl (C=O) groups excluding carboxylic acids is 2. The molecule has 2 aromatic rings. The number of aliphatic carboxylic acids is 1. The summed E-state index contributed by atoms with van der Waals surface area (Å²) in [5.74, 6) is -1.46. The minimum absolute atomic E-state index is 0.0178. The summed E-state index contributed by atoms with van der Waals surface area (Å²) < 4.78 is 10.1. The third kappa shape index (κ3) is 5.03. The number of benzene rings is 2. The molecule has 31 heavy (non-hydrogen) atoms. The van der Waals surface area contributed by atoms with Crippen LogP contribution in [0.15, 0.2) is 61.2 Å². The number of carboxylic acids is 1. The number of fused-ring (bicyclic) bond motifs is 3. The van der Waals surface area contributed by atoms with Crippen molar-refractivity contribution in [2.75, 3.05) is 13.2 Å². The number of carboxylic acid groups (broad SMARTS) is 1. The molecule has 8 nitrogen and oxygen atoms in total. The van der Waals surface area contributed by atoms with Crippen LogP contribution in [-0.4, -0.2) is 48.6 Å². The average molecular weight is 424 g/mol. The van der Waals surface area contributed by atoms with Crippen LogP contribution >= 0.6 is 0 Å². The predicted octanol–water partition coefficient (Wildman–Crippen LogP) is 3.28. The van der Waals surface area contributed by atoms with Crippen molar-refractivity contribution in [3.05, 3.63) is 72.3 Å². The van der Waals surface area contributed by atoms with E-state index in [4.69, 9.17) is 9.47 Å². The number of ether oxygens (including phenoxy) is 2. The Bertz CT molecular complexity index is 944. The molecule has 0 aromatic heterocycles. The molecule has 3 N–H and O–H groups in total. The number of hydrogen-bond acceptors (Lipinski definition) is 5. The first-order valence-corrected chi connectivity index (χ1v) is 9.81. The van der Waals surface area contributed by atoms with Gasteiger partial charge in [-0.15, -0.1) is 0 Å². The van der Waals surface area contributed by atoms with E-state index in [0.717, 1.165) is 22.3 Å². The van der Waals surface area contributed by atoms with Crippen LogP contribution in [0.4, 0.5) is 9.59 Å². The largest absolute Gasteiger partial charge is 0.480 e. The standard InChI is InChI=1S/C23H24N2O6/c1-3-12-30-22(28)24-14(2)20(21(26)27)25-23(29)31-13-19-17-10-6-4-8-15(17)16-9-5-7-11-18(16)19/h3-11,14,19-20H,1,12-13H2,2H3,(H,24,28)(H,25,29)(H,26,27)/t14-,20-/m1/s1. The third-order valence-corrected chi connectivity index (χ3v) is 5.06. The summed E-state index contributed by atoms with van der Waals surface area (Å²) >= 11 is 0. The summed E-state index contributed by atoms with van der Waals surface area (Å²) in [4.78, 5) is 35.6. The molecule has 0 fully saturated rings. The smallest absolute Gasteiger partial charge is 0.407 e. The molecule has 0 saturated carbocycles. The Kier molecular flexibility index (Phi) is 6.92. The third-order valence-electron chi connectivity index (χ3n) is 5.06. The highest BCUT2D eigenvalue weighted by Gasteiger charge is 2.31. The molecule has 0 spiro atoms. The van der Waals surface area contributed by atoms with Gasteiger partial charge in [-0.1, -0.05) is 61.2 Å². The van der Waals surface area contributed by atoms with Crippen LogP contribution < -0.4 is 10.6 Å². The number of amides is 2. The van der Waals surface area contributed by atoms with Crippen molar-refractivity contribution in [2.24, 2.45) is 0 Å². The van der Waals surface area contributed by atoms with Gasteiger partial charge in [0.15, 0.2) is 0 Å². The maximum absolute atomic E-state index is 12.3. The lowest BCUT2D eigenvalue weighted by atomic mass is 9.98. The number of rotatable bonds is 8. The fourth-order valence-corrected chi connectivity index (χ4v) is 3.61. The average Bonchev–Trinajstić information content (AvgIpc) is 3.08. The summed E-state index contributed by atoms with van der Waals surface area (Å²) in [5.41, 5.74) is 4.27. The van der Waals surface area contributed by atoms with Crippen molar-refractivity contribution < 1.29 is 29.0 Å². The monoisotopic (exact) mass is 424 g/mol. The van der Waals surface area contributed by atoms with Crippen LogP contribution in [0.5, 0.6) is 0 Å². The van der Waals surface area contributed by atoms with Crippen molar-refractivity contribution in [2.45, 2.75) is 24.9 Å². The highest BCUT2D eigenvalue weighted by molar-refractivity contribution is 5.82. The molecule has 0 bridgehead atoms. The first-order valence-electron chi connectivity index (χ1n) is 9.81. The zero-order valence-corrected chi connectivity index (χ0v) is 17.0. The lowest BCUT2D eigenvalue weighted by Crippen LogP contribution is -2.54. The maximum atomic E-state index is 12.3. The van der Waals surface area contributed by atoms with Gasteiger partial charge < -0.3 is 25.2 Å². The molecule has 2 aromatic carbocycles. The molecule has 2 amide bonds. The molecule has 162 valence electrons. The summed E-state index contributed by atoms with van der Waals surface area (Å²) in [7, 11) is 0. The van der Waals surface area contributed by atoms with Gasteiger partial charge in [0, 0.05) is 5.92 Å². The molecule has 8 heteroatoms. The van der Waals surface area contributed by atoms with Gasteiger partial charge in [-0.25, -0.2) is 14.4 Å². The molecular weight excluding hydrogens is 400 g/mol. The second-order valence-corrected chi connectivity index (χ2v) is 7.11. The highest BCUT2D eigenvalue weighted by atomic mass is 16.6. The van der Waals surface area contributed by atoms with Crippen LogP contribution in [0.3, 0.4) is 0 Å². The van der Waals surface area contributed by atoms with Gasteiger partial charge in [0.25, 0.3) is 0 Å². The van der Waals surface area contributed by atoms with Crippen molar-refractivity contribution in [3.63, 3.8) is 0 Å². The first kappa shape index (κ1) is 21.9. The second kappa shape index (κ2) is 9.80. The summed E-state index contributed by atoms with van der Waals surface area (Å²) in [6.07, 6.45) is -0.316. The van der Waals surface area contributed by atoms with Crippen LogP contribution in [0.2, 0.25) is 0 Å².